The Hall–Kier alpha value is -2.28. The molecule has 2 aromatic heterocycles. The lowest BCUT2D eigenvalue weighted by Crippen LogP contribution is -2.16. The summed E-state index contributed by atoms with van der Waals surface area (Å²) in [4.78, 5) is 22.9. The molecule has 104 valence electrons. The van der Waals surface area contributed by atoms with Crippen molar-refractivity contribution in [3.63, 3.8) is 0 Å². The second-order valence-corrected chi connectivity index (χ2v) is 5.04. The van der Waals surface area contributed by atoms with Gasteiger partial charge in [0.05, 0.1) is 5.02 Å². The molecule has 7 nitrogen and oxygen atoms in total. The Kier molecular flexibility index (Phi) is 2.98. The van der Waals surface area contributed by atoms with Crippen LogP contribution in [-0.2, 0) is 0 Å². The van der Waals surface area contributed by atoms with Gasteiger partial charge in [0.2, 0.25) is 0 Å². The van der Waals surface area contributed by atoms with Crippen LogP contribution in [0.3, 0.4) is 0 Å². The van der Waals surface area contributed by atoms with Gasteiger partial charge in [0, 0.05) is 18.3 Å². The van der Waals surface area contributed by atoms with Crippen molar-refractivity contribution >= 4 is 29.3 Å². The number of anilines is 1. The molecule has 8 heteroatoms. The Morgan fingerprint density at radius 2 is 2.20 bits per heavy atom. The smallest absolute Gasteiger partial charge is 0.353 e. The number of aromatic amines is 1. The first-order valence-corrected chi connectivity index (χ1v) is 6.40. The minimum Gasteiger partial charge on any atom is -0.477 e. The van der Waals surface area contributed by atoms with Gasteiger partial charge < -0.3 is 15.0 Å². The topological polar surface area (TPSA) is 100 Å². The zero-order chi connectivity index (χ0) is 14.3. The Labute approximate surface area is 118 Å². The molecule has 1 amide bonds. The number of hydrogen-bond acceptors (Lipinski definition) is 3. The van der Waals surface area contributed by atoms with Crippen molar-refractivity contribution in [1.29, 1.82) is 0 Å². The molecule has 1 saturated carbocycles. The largest absolute Gasteiger partial charge is 0.477 e. The molecule has 0 atom stereocenters. The highest BCUT2D eigenvalue weighted by Gasteiger charge is 2.28. The molecule has 3 N–H and O–H groups in total. The molecule has 0 aromatic carbocycles. The summed E-state index contributed by atoms with van der Waals surface area (Å²) in [5, 5.41) is 17.9. The van der Waals surface area contributed by atoms with Gasteiger partial charge in [0.25, 0.3) is 5.91 Å². The summed E-state index contributed by atoms with van der Waals surface area (Å²) in [6, 6.07) is 3.16. The maximum absolute atomic E-state index is 12.2. The number of hydrogen-bond donors (Lipinski definition) is 3. The fourth-order valence-corrected chi connectivity index (χ4v) is 2.17. The predicted molar refractivity (Wildman–Crippen MR) is 71.2 cm³/mol. The molecule has 1 aliphatic carbocycles. The summed E-state index contributed by atoms with van der Waals surface area (Å²) in [5.41, 5.74) is 0.355. The number of amides is 1. The van der Waals surface area contributed by atoms with E-state index in [0.717, 1.165) is 12.8 Å². The molecular weight excluding hydrogens is 284 g/mol. The standard InChI is InChI=1S/C12H11ClN4O3/c13-6-3-9(17(5-6)7-1-2-7)11(18)14-10-4-8(12(19)20)15-16-10/h3-5,7H,1-2H2,(H,19,20)(H2,14,15,16,18). The third-order valence-electron chi connectivity index (χ3n) is 3.04. The van der Waals surface area contributed by atoms with Crippen LogP contribution in [0.25, 0.3) is 0 Å². The van der Waals surface area contributed by atoms with Crippen molar-refractivity contribution in [2.45, 2.75) is 18.9 Å². The van der Waals surface area contributed by atoms with Gasteiger partial charge in [-0.05, 0) is 18.9 Å². The van der Waals surface area contributed by atoms with Crippen LogP contribution >= 0.6 is 11.6 Å². The lowest BCUT2D eigenvalue weighted by Gasteiger charge is -2.06. The number of H-pyrrole nitrogens is 1. The highest BCUT2D eigenvalue weighted by molar-refractivity contribution is 6.31. The third-order valence-corrected chi connectivity index (χ3v) is 3.24. The quantitative estimate of drug-likeness (QED) is 0.804. The zero-order valence-corrected chi connectivity index (χ0v) is 11.0. The minimum absolute atomic E-state index is 0.0871. The van der Waals surface area contributed by atoms with Crippen LogP contribution in [0.4, 0.5) is 5.82 Å². The highest BCUT2D eigenvalue weighted by Crippen LogP contribution is 2.37. The number of carbonyl (C=O) groups excluding carboxylic acids is 1. The summed E-state index contributed by atoms with van der Waals surface area (Å²) < 4.78 is 1.84. The van der Waals surface area contributed by atoms with Crippen molar-refractivity contribution in [3.05, 3.63) is 34.7 Å². The number of carboxylic acid groups (broad SMARTS) is 1. The Balaban J connectivity index is 1.80. The van der Waals surface area contributed by atoms with Crippen LogP contribution in [0.15, 0.2) is 18.3 Å². The number of nitrogens with zero attached hydrogens (tertiary/aromatic N) is 2. The van der Waals surface area contributed by atoms with E-state index in [2.05, 4.69) is 15.5 Å². The van der Waals surface area contributed by atoms with Crippen LogP contribution < -0.4 is 5.32 Å². The SMILES string of the molecule is O=C(O)c1cc(NC(=O)c2cc(Cl)cn2C2CC2)n[nH]1. The number of carbonyl (C=O) groups is 2. The first-order chi connectivity index (χ1) is 9.54. The summed E-state index contributed by atoms with van der Waals surface area (Å²) in [7, 11) is 0. The third kappa shape index (κ3) is 2.39. The Morgan fingerprint density at radius 3 is 2.80 bits per heavy atom. The molecule has 20 heavy (non-hydrogen) atoms. The van der Waals surface area contributed by atoms with E-state index >= 15 is 0 Å². The van der Waals surface area contributed by atoms with Gasteiger partial charge in [-0.2, -0.15) is 5.10 Å². The van der Waals surface area contributed by atoms with Gasteiger partial charge in [0.1, 0.15) is 11.4 Å². The van der Waals surface area contributed by atoms with Gasteiger partial charge in [-0.1, -0.05) is 11.6 Å². The molecule has 0 spiro atoms. The lowest BCUT2D eigenvalue weighted by molar-refractivity contribution is 0.0690. The molecule has 3 rings (SSSR count). The average Bonchev–Trinajstić information content (AvgIpc) is 3.00. The summed E-state index contributed by atoms with van der Waals surface area (Å²) >= 11 is 5.93. The molecule has 0 saturated heterocycles. The molecule has 0 unspecified atom stereocenters. The van der Waals surface area contributed by atoms with E-state index < -0.39 is 5.97 Å². The lowest BCUT2D eigenvalue weighted by atomic mass is 10.3. The fraction of sp³-hybridized carbons (Fsp3) is 0.250. The van der Waals surface area contributed by atoms with E-state index in [9.17, 15) is 9.59 Å². The van der Waals surface area contributed by atoms with Gasteiger partial charge in [0.15, 0.2) is 5.82 Å². The number of aromatic carboxylic acids is 1. The molecule has 0 bridgehead atoms. The van der Waals surface area contributed by atoms with E-state index in [0.29, 0.717) is 16.8 Å². The molecule has 2 heterocycles. The molecular formula is C12H11ClN4O3. The monoisotopic (exact) mass is 294 g/mol. The van der Waals surface area contributed by atoms with Crippen molar-refractivity contribution in [3.8, 4) is 0 Å². The van der Waals surface area contributed by atoms with E-state index in [4.69, 9.17) is 16.7 Å². The van der Waals surface area contributed by atoms with Crippen LogP contribution in [0.5, 0.6) is 0 Å². The maximum Gasteiger partial charge on any atom is 0.353 e. The van der Waals surface area contributed by atoms with E-state index in [1.165, 1.54) is 6.07 Å². The fourth-order valence-electron chi connectivity index (χ4n) is 1.96. The van der Waals surface area contributed by atoms with Gasteiger partial charge >= 0.3 is 5.97 Å². The first-order valence-electron chi connectivity index (χ1n) is 6.02. The highest BCUT2D eigenvalue weighted by atomic mass is 35.5. The second kappa shape index (κ2) is 4.68. The number of nitrogens with one attached hydrogen (secondary N) is 2. The number of halogens is 1. The number of rotatable bonds is 4. The molecule has 1 fully saturated rings. The van der Waals surface area contributed by atoms with Crippen LogP contribution in [0, 0.1) is 0 Å². The van der Waals surface area contributed by atoms with Crippen LogP contribution in [0.2, 0.25) is 5.02 Å². The molecule has 1 aliphatic rings. The van der Waals surface area contributed by atoms with Crippen molar-refractivity contribution < 1.29 is 14.7 Å². The summed E-state index contributed by atoms with van der Waals surface area (Å²) in [5.74, 6) is -1.35. The molecule has 2 aromatic rings. The molecule has 0 radical (unpaired) electrons. The van der Waals surface area contributed by atoms with Crippen molar-refractivity contribution in [2.75, 3.05) is 5.32 Å². The Morgan fingerprint density at radius 1 is 1.45 bits per heavy atom. The zero-order valence-electron chi connectivity index (χ0n) is 10.3. The number of carboxylic acids is 1. The van der Waals surface area contributed by atoms with Crippen LogP contribution in [-0.4, -0.2) is 31.7 Å². The maximum atomic E-state index is 12.2. The van der Waals surface area contributed by atoms with Crippen molar-refractivity contribution in [1.82, 2.24) is 14.8 Å². The second-order valence-electron chi connectivity index (χ2n) is 4.61. The molecule has 0 aliphatic heterocycles. The normalized spacial score (nSPS) is 14.2. The van der Waals surface area contributed by atoms with E-state index in [1.54, 1.807) is 12.3 Å². The summed E-state index contributed by atoms with van der Waals surface area (Å²) in [6.07, 6.45) is 3.77. The van der Waals surface area contributed by atoms with E-state index in [-0.39, 0.29) is 17.4 Å². The summed E-state index contributed by atoms with van der Waals surface area (Å²) in [6.45, 7) is 0. The van der Waals surface area contributed by atoms with Gasteiger partial charge in [-0.15, -0.1) is 0 Å². The van der Waals surface area contributed by atoms with E-state index in [1.807, 2.05) is 4.57 Å². The Bertz CT molecular complexity index is 687. The van der Waals surface area contributed by atoms with Gasteiger partial charge in [-0.3, -0.25) is 9.89 Å². The van der Waals surface area contributed by atoms with Crippen LogP contribution in [0.1, 0.15) is 39.9 Å². The van der Waals surface area contributed by atoms with Crippen molar-refractivity contribution in [2.24, 2.45) is 0 Å². The first kappa shape index (κ1) is 12.7. The minimum atomic E-state index is -1.14. The van der Waals surface area contributed by atoms with Gasteiger partial charge in [-0.25, -0.2) is 4.79 Å². The number of aromatic nitrogens is 3. The predicted octanol–water partition coefficient (Wildman–Crippen LogP) is 2.15. The average molecular weight is 295 g/mol.